The van der Waals surface area contributed by atoms with Gasteiger partial charge in [-0.2, -0.15) is 0 Å². The van der Waals surface area contributed by atoms with Crippen molar-refractivity contribution in [3.8, 4) is 5.75 Å². The summed E-state index contributed by atoms with van der Waals surface area (Å²) in [4.78, 5) is 11.8. The Kier molecular flexibility index (Phi) is 5.66. The van der Waals surface area contributed by atoms with Crippen molar-refractivity contribution in [1.82, 2.24) is 0 Å². The first kappa shape index (κ1) is 13.7. The lowest BCUT2D eigenvalue weighted by atomic mass is 10.0. The number of aliphatic hydroxyl groups is 1. The number of methoxy groups -OCH3 is 1. The van der Waals surface area contributed by atoms with Crippen molar-refractivity contribution in [2.45, 2.75) is 19.8 Å². The molecule has 0 unspecified atom stereocenters. The smallest absolute Gasteiger partial charge is 0.188 e. The molecule has 0 aliphatic heterocycles. The predicted molar refractivity (Wildman–Crippen MR) is 64.3 cm³/mol. The summed E-state index contributed by atoms with van der Waals surface area (Å²) in [6.07, 6.45) is 0.871. The van der Waals surface area contributed by atoms with Gasteiger partial charge in [-0.3, -0.25) is 4.79 Å². The normalized spacial score (nSPS) is 10.3. The summed E-state index contributed by atoms with van der Waals surface area (Å²) in [6, 6.07) is 5.31. The second-order valence-electron chi connectivity index (χ2n) is 3.78. The molecule has 1 N–H and O–H groups in total. The van der Waals surface area contributed by atoms with Crippen molar-refractivity contribution >= 4 is 5.78 Å². The standard InChI is InChI=1S/C13H18O4/c1-10-8-11(17-9-16-2)5-6-12(10)13(15)4-3-7-14/h5-6,8,14H,3-4,7,9H2,1-2H3. The van der Waals surface area contributed by atoms with Crippen LogP contribution in [0.5, 0.6) is 5.75 Å². The van der Waals surface area contributed by atoms with Crippen LogP contribution in [0, 0.1) is 6.92 Å². The quantitative estimate of drug-likeness (QED) is 0.582. The number of carbonyl (C=O) groups excluding carboxylic acids is 1. The number of aliphatic hydroxyl groups excluding tert-OH is 1. The van der Waals surface area contributed by atoms with Crippen molar-refractivity contribution in [3.63, 3.8) is 0 Å². The molecule has 1 aromatic carbocycles. The molecule has 94 valence electrons. The Morgan fingerprint density at radius 1 is 1.41 bits per heavy atom. The van der Waals surface area contributed by atoms with Crippen LogP contribution in [0.25, 0.3) is 0 Å². The summed E-state index contributed by atoms with van der Waals surface area (Å²) in [6.45, 7) is 2.10. The number of hydrogen-bond acceptors (Lipinski definition) is 4. The number of Topliss-reactive ketones (excluding diaryl/α,β-unsaturated/α-hetero) is 1. The molecule has 0 heterocycles. The summed E-state index contributed by atoms with van der Waals surface area (Å²) < 4.78 is 10.1. The fourth-order valence-electron chi connectivity index (χ4n) is 1.54. The Balaban J connectivity index is 2.71. The maximum absolute atomic E-state index is 11.8. The van der Waals surface area contributed by atoms with Crippen LogP contribution in [0.1, 0.15) is 28.8 Å². The average molecular weight is 238 g/mol. The first-order valence-electron chi connectivity index (χ1n) is 5.55. The van der Waals surface area contributed by atoms with Crippen LogP contribution in [0.2, 0.25) is 0 Å². The van der Waals surface area contributed by atoms with Crippen molar-refractivity contribution in [2.75, 3.05) is 20.5 Å². The van der Waals surface area contributed by atoms with E-state index in [0.29, 0.717) is 24.2 Å². The van der Waals surface area contributed by atoms with E-state index < -0.39 is 0 Å². The summed E-state index contributed by atoms with van der Waals surface area (Å²) in [5.74, 6) is 0.734. The number of carbonyl (C=O) groups is 1. The molecule has 17 heavy (non-hydrogen) atoms. The molecule has 0 fully saturated rings. The van der Waals surface area contributed by atoms with Gasteiger partial charge in [0.2, 0.25) is 0 Å². The van der Waals surface area contributed by atoms with Gasteiger partial charge in [0, 0.05) is 25.7 Å². The van der Waals surface area contributed by atoms with Crippen LogP contribution in [0.15, 0.2) is 18.2 Å². The molecule has 0 amide bonds. The van der Waals surface area contributed by atoms with E-state index in [1.54, 1.807) is 19.2 Å². The minimum Gasteiger partial charge on any atom is -0.468 e. The number of benzene rings is 1. The molecule has 0 saturated heterocycles. The molecule has 1 rings (SSSR count). The molecule has 0 saturated carbocycles. The molecule has 1 aromatic rings. The Labute approximate surface area is 101 Å². The minimum atomic E-state index is 0.0415. The molecule has 4 heteroatoms. The molecule has 0 radical (unpaired) electrons. The molecule has 4 nitrogen and oxygen atoms in total. The maximum Gasteiger partial charge on any atom is 0.188 e. The highest BCUT2D eigenvalue weighted by Gasteiger charge is 2.09. The van der Waals surface area contributed by atoms with Crippen LogP contribution in [-0.4, -0.2) is 31.4 Å². The summed E-state index contributed by atoms with van der Waals surface area (Å²) in [7, 11) is 1.56. The van der Waals surface area contributed by atoms with E-state index in [1.807, 2.05) is 13.0 Å². The molecule has 0 atom stereocenters. The van der Waals surface area contributed by atoms with Crippen molar-refractivity contribution in [2.24, 2.45) is 0 Å². The highest BCUT2D eigenvalue weighted by molar-refractivity contribution is 5.97. The zero-order chi connectivity index (χ0) is 12.7. The second kappa shape index (κ2) is 7.04. The second-order valence-corrected chi connectivity index (χ2v) is 3.78. The van der Waals surface area contributed by atoms with Gasteiger partial charge in [-0.25, -0.2) is 0 Å². The topological polar surface area (TPSA) is 55.8 Å². The van der Waals surface area contributed by atoms with Crippen LogP contribution in [-0.2, 0) is 4.74 Å². The summed E-state index contributed by atoms with van der Waals surface area (Å²) in [5, 5.41) is 8.69. The van der Waals surface area contributed by atoms with Gasteiger partial charge in [-0.1, -0.05) is 0 Å². The first-order chi connectivity index (χ1) is 8.19. The van der Waals surface area contributed by atoms with Crippen molar-refractivity contribution in [3.05, 3.63) is 29.3 Å². The average Bonchev–Trinajstić information content (AvgIpc) is 2.33. The van der Waals surface area contributed by atoms with Gasteiger partial charge in [0.25, 0.3) is 0 Å². The maximum atomic E-state index is 11.8. The lowest BCUT2D eigenvalue weighted by Crippen LogP contribution is -2.04. The van der Waals surface area contributed by atoms with E-state index >= 15 is 0 Å². The number of ketones is 1. The first-order valence-corrected chi connectivity index (χ1v) is 5.55. The van der Waals surface area contributed by atoms with Gasteiger partial charge < -0.3 is 14.6 Å². The molecule has 0 aliphatic rings. The van der Waals surface area contributed by atoms with E-state index in [-0.39, 0.29) is 19.2 Å². The van der Waals surface area contributed by atoms with Gasteiger partial charge in [0.15, 0.2) is 12.6 Å². The summed E-state index contributed by atoms with van der Waals surface area (Å²) >= 11 is 0. The molecule has 0 bridgehead atoms. The molecular weight excluding hydrogens is 220 g/mol. The van der Waals surface area contributed by atoms with Crippen LogP contribution in [0.3, 0.4) is 0 Å². The van der Waals surface area contributed by atoms with E-state index in [1.165, 1.54) is 0 Å². The lowest BCUT2D eigenvalue weighted by molar-refractivity contribution is 0.0511. The van der Waals surface area contributed by atoms with E-state index in [2.05, 4.69) is 0 Å². The van der Waals surface area contributed by atoms with Crippen LogP contribution < -0.4 is 4.74 Å². The lowest BCUT2D eigenvalue weighted by Gasteiger charge is -2.08. The number of ether oxygens (including phenoxy) is 2. The largest absolute Gasteiger partial charge is 0.468 e. The predicted octanol–water partition coefficient (Wildman–Crippen LogP) is 1.93. The van der Waals surface area contributed by atoms with Crippen LogP contribution in [0.4, 0.5) is 0 Å². The summed E-state index contributed by atoms with van der Waals surface area (Å²) in [5.41, 5.74) is 1.56. The van der Waals surface area contributed by atoms with Crippen molar-refractivity contribution < 1.29 is 19.4 Å². The molecule has 0 aliphatic carbocycles. The fourth-order valence-corrected chi connectivity index (χ4v) is 1.54. The Morgan fingerprint density at radius 2 is 2.18 bits per heavy atom. The minimum absolute atomic E-state index is 0.0415. The van der Waals surface area contributed by atoms with Crippen molar-refractivity contribution in [1.29, 1.82) is 0 Å². The Morgan fingerprint density at radius 3 is 2.76 bits per heavy atom. The van der Waals surface area contributed by atoms with Gasteiger partial charge in [0.1, 0.15) is 5.75 Å². The number of aryl methyl sites for hydroxylation is 1. The zero-order valence-corrected chi connectivity index (χ0v) is 10.2. The van der Waals surface area contributed by atoms with Gasteiger partial charge >= 0.3 is 0 Å². The fraction of sp³-hybridized carbons (Fsp3) is 0.462. The SMILES string of the molecule is COCOc1ccc(C(=O)CCCO)c(C)c1. The number of hydrogen-bond donors (Lipinski definition) is 1. The third-order valence-corrected chi connectivity index (χ3v) is 2.40. The molecular formula is C13H18O4. The highest BCUT2D eigenvalue weighted by atomic mass is 16.7. The monoisotopic (exact) mass is 238 g/mol. The highest BCUT2D eigenvalue weighted by Crippen LogP contribution is 2.19. The van der Waals surface area contributed by atoms with E-state index in [9.17, 15) is 4.79 Å². The third kappa shape index (κ3) is 4.17. The van der Waals surface area contributed by atoms with E-state index in [4.69, 9.17) is 14.6 Å². The Bertz CT molecular complexity index is 374. The van der Waals surface area contributed by atoms with Gasteiger partial charge in [-0.05, 0) is 37.1 Å². The number of rotatable bonds is 7. The zero-order valence-electron chi connectivity index (χ0n) is 10.2. The molecule has 0 spiro atoms. The third-order valence-electron chi connectivity index (χ3n) is 2.40. The Hall–Kier alpha value is -1.39. The van der Waals surface area contributed by atoms with E-state index in [0.717, 1.165) is 5.56 Å². The van der Waals surface area contributed by atoms with Gasteiger partial charge in [0.05, 0.1) is 0 Å². The van der Waals surface area contributed by atoms with Gasteiger partial charge in [-0.15, -0.1) is 0 Å². The van der Waals surface area contributed by atoms with Crippen LogP contribution >= 0.6 is 0 Å². The molecule has 0 aromatic heterocycles.